The van der Waals surface area contributed by atoms with Crippen LogP contribution < -0.4 is 10.5 Å². The number of sulfonamides is 1. The van der Waals surface area contributed by atoms with Crippen molar-refractivity contribution in [1.82, 2.24) is 4.72 Å². The van der Waals surface area contributed by atoms with Gasteiger partial charge in [-0.1, -0.05) is 31.4 Å². The number of nitrogens with zero attached hydrogens (tertiary/aromatic N) is 1. The number of hydrogen-bond acceptors (Lipinski definition) is 5. The Hall–Kier alpha value is -1.22. The van der Waals surface area contributed by atoms with E-state index in [0.29, 0.717) is 11.5 Å². The molecule has 0 amide bonds. The first kappa shape index (κ1) is 20.8. The second kappa shape index (κ2) is 9.31. The van der Waals surface area contributed by atoms with E-state index in [1.54, 1.807) is 0 Å². The molecule has 1 unspecified atom stereocenters. The van der Waals surface area contributed by atoms with Gasteiger partial charge in [0.25, 0.3) is 5.69 Å². The Balaban J connectivity index is 0.00000288. The molecule has 3 N–H and O–H groups in total. The SMILES string of the molecule is Cl.NCC(NS(=O)(=O)Cc1ccc([N+](=O)[O-])cc1)C1CCCCC1. The fourth-order valence-corrected chi connectivity index (χ4v) is 4.54. The van der Waals surface area contributed by atoms with E-state index in [1.807, 2.05) is 0 Å². The lowest BCUT2D eigenvalue weighted by atomic mass is 9.84. The van der Waals surface area contributed by atoms with Crippen LogP contribution in [-0.4, -0.2) is 25.9 Å². The van der Waals surface area contributed by atoms with Crippen LogP contribution in [0.25, 0.3) is 0 Å². The van der Waals surface area contributed by atoms with Crippen molar-refractivity contribution >= 4 is 28.1 Å². The molecule has 0 spiro atoms. The van der Waals surface area contributed by atoms with Gasteiger partial charge in [0.1, 0.15) is 0 Å². The molecule has 0 bridgehead atoms. The molecule has 0 saturated heterocycles. The first-order valence-electron chi connectivity index (χ1n) is 7.84. The summed E-state index contributed by atoms with van der Waals surface area (Å²) in [7, 11) is -3.53. The predicted octanol–water partition coefficient (Wildman–Crippen LogP) is 2.34. The maximum atomic E-state index is 12.3. The van der Waals surface area contributed by atoms with Crippen LogP contribution in [-0.2, 0) is 15.8 Å². The predicted molar refractivity (Wildman–Crippen MR) is 95.5 cm³/mol. The molecular weight excluding hydrogens is 354 g/mol. The average Bonchev–Trinajstić information content (AvgIpc) is 2.53. The molecule has 1 aliphatic carbocycles. The Morgan fingerprint density at radius 2 is 1.79 bits per heavy atom. The Bertz CT molecular complexity index is 631. The first-order chi connectivity index (χ1) is 10.9. The number of nitrogens with one attached hydrogen (secondary N) is 1. The molecule has 2 rings (SSSR count). The summed E-state index contributed by atoms with van der Waals surface area (Å²) in [5, 5.41) is 10.6. The largest absolute Gasteiger partial charge is 0.329 e. The van der Waals surface area contributed by atoms with E-state index in [0.717, 1.165) is 25.7 Å². The zero-order valence-electron chi connectivity index (χ0n) is 13.4. The average molecular weight is 378 g/mol. The van der Waals surface area contributed by atoms with Crippen LogP contribution >= 0.6 is 12.4 Å². The summed E-state index contributed by atoms with van der Waals surface area (Å²) in [5.41, 5.74) is 6.22. The van der Waals surface area contributed by atoms with E-state index in [9.17, 15) is 18.5 Å². The van der Waals surface area contributed by atoms with Crippen LogP contribution in [0.4, 0.5) is 5.69 Å². The zero-order chi connectivity index (χ0) is 16.9. The normalized spacial score (nSPS) is 17.0. The minimum absolute atomic E-state index is 0. The molecule has 9 heteroatoms. The molecule has 7 nitrogen and oxygen atoms in total. The third kappa shape index (κ3) is 6.01. The summed E-state index contributed by atoms with van der Waals surface area (Å²) in [5.74, 6) is 0.0918. The fraction of sp³-hybridized carbons (Fsp3) is 0.600. The molecule has 24 heavy (non-hydrogen) atoms. The Kier molecular flexibility index (Phi) is 8.08. The summed E-state index contributed by atoms with van der Waals surface area (Å²) in [6, 6.07) is 5.32. The van der Waals surface area contributed by atoms with Crippen molar-refractivity contribution in [2.45, 2.75) is 43.9 Å². The van der Waals surface area contributed by atoms with Crippen molar-refractivity contribution in [1.29, 1.82) is 0 Å². The molecule has 0 heterocycles. The van der Waals surface area contributed by atoms with Crippen LogP contribution in [0.1, 0.15) is 37.7 Å². The van der Waals surface area contributed by atoms with Crippen LogP contribution in [0.3, 0.4) is 0 Å². The summed E-state index contributed by atoms with van der Waals surface area (Å²) >= 11 is 0. The lowest BCUT2D eigenvalue weighted by Crippen LogP contribution is -2.46. The van der Waals surface area contributed by atoms with E-state index in [1.165, 1.54) is 30.7 Å². The Morgan fingerprint density at radius 1 is 1.21 bits per heavy atom. The topological polar surface area (TPSA) is 115 Å². The number of rotatable bonds is 7. The van der Waals surface area contributed by atoms with Crippen LogP contribution in [0.15, 0.2) is 24.3 Å². The minimum atomic E-state index is -3.53. The molecule has 0 aliphatic heterocycles. The number of hydrogen-bond donors (Lipinski definition) is 2. The molecule has 1 atom stereocenters. The minimum Gasteiger partial charge on any atom is -0.329 e. The van der Waals surface area contributed by atoms with E-state index in [4.69, 9.17) is 5.73 Å². The molecule has 136 valence electrons. The van der Waals surface area contributed by atoms with Gasteiger partial charge in [-0.25, -0.2) is 13.1 Å². The molecule has 1 fully saturated rings. The second-order valence-corrected chi connectivity index (χ2v) is 7.79. The maximum Gasteiger partial charge on any atom is 0.269 e. The highest BCUT2D eigenvalue weighted by atomic mass is 35.5. The van der Waals surface area contributed by atoms with E-state index in [-0.39, 0.29) is 36.4 Å². The molecule has 1 saturated carbocycles. The summed E-state index contributed by atoms with van der Waals surface area (Å²) in [4.78, 5) is 10.1. The molecule has 1 aliphatic rings. The number of nitro groups is 1. The van der Waals surface area contributed by atoms with Crippen LogP contribution in [0, 0.1) is 16.0 Å². The van der Waals surface area contributed by atoms with Gasteiger partial charge in [-0.3, -0.25) is 10.1 Å². The van der Waals surface area contributed by atoms with E-state index >= 15 is 0 Å². The van der Waals surface area contributed by atoms with Crippen molar-refractivity contribution in [3.8, 4) is 0 Å². The standard InChI is InChI=1S/C15H23N3O4S.ClH/c16-10-15(13-4-2-1-3-5-13)17-23(21,22)11-12-6-8-14(9-7-12)18(19)20;/h6-9,13,15,17H,1-5,10-11,16H2;1H. The number of halogens is 1. The highest BCUT2D eigenvalue weighted by Crippen LogP contribution is 2.26. The first-order valence-corrected chi connectivity index (χ1v) is 9.50. The summed E-state index contributed by atoms with van der Waals surface area (Å²) in [6.45, 7) is 0.282. The number of nitrogens with two attached hydrogens (primary N) is 1. The quantitative estimate of drug-likeness (QED) is 0.559. The highest BCUT2D eigenvalue weighted by molar-refractivity contribution is 7.88. The van der Waals surface area contributed by atoms with Crippen molar-refractivity contribution < 1.29 is 13.3 Å². The lowest BCUT2D eigenvalue weighted by molar-refractivity contribution is -0.384. The Morgan fingerprint density at radius 3 is 2.29 bits per heavy atom. The summed E-state index contributed by atoms with van der Waals surface area (Å²) < 4.78 is 27.4. The molecule has 1 aromatic rings. The van der Waals surface area contributed by atoms with Gasteiger partial charge in [0.2, 0.25) is 10.0 Å². The van der Waals surface area contributed by atoms with Gasteiger partial charge in [0.05, 0.1) is 10.7 Å². The number of non-ortho nitro benzene ring substituents is 1. The monoisotopic (exact) mass is 377 g/mol. The van der Waals surface area contributed by atoms with Gasteiger partial charge in [-0.15, -0.1) is 12.4 Å². The smallest absolute Gasteiger partial charge is 0.269 e. The number of nitro benzene ring substituents is 1. The van der Waals surface area contributed by atoms with E-state index < -0.39 is 14.9 Å². The molecule has 0 aromatic heterocycles. The van der Waals surface area contributed by atoms with Gasteiger partial charge in [-0.2, -0.15) is 0 Å². The maximum absolute atomic E-state index is 12.3. The van der Waals surface area contributed by atoms with Gasteiger partial charge < -0.3 is 5.73 Å². The van der Waals surface area contributed by atoms with Gasteiger partial charge >= 0.3 is 0 Å². The number of benzene rings is 1. The molecule has 1 aromatic carbocycles. The summed E-state index contributed by atoms with van der Waals surface area (Å²) in [6.07, 6.45) is 5.43. The van der Waals surface area contributed by atoms with Crippen LogP contribution in [0.2, 0.25) is 0 Å². The third-order valence-corrected chi connectivity index (χ3v) is 5.68. The van der Waals surface area contributed by atoms with Crippen molar-refractivity contribution in [3.05, 3.63) is 39.9 Å². The molecule has 0 radical (unpaired) electrons. The van der Waals surface area contributed by atoms with Crippen molar-refractivity contribution in [2.24, 2.45) is 11.7 Å². The van der Waals surface area contributed by atoms with Gasteiger partial charge in [-0.05, 0) is 24.3 Å². The molecular formula is C15H24ClN3O4S. The van der Waals surface area contributed by atoms with Gasteiger partial charge in [0, 0.05) is 24.7 Å². The fourth-order valence-electron chi connectivity index (χ4n) is 3.08. The zero-order valence-corrected chi connectivity index (χ0v) is 15.0. The van der Waals surface area contributed by atoms with Crippen molar-refractivity contribution in [3.63, 3.8) is 0 Å². The Labute approximate surface area is 148 Å². The van der Waals surface area contributed by atoms with Crippen molar-refractivity contribution in [2.75, 3.05) is 6.54 Å². The second-order valence-electron chi connectivity index (χ2n) is 6.04. The third-order valence-electron chi connectivity index (χ3n) is 4.31. The lowest BCUT2D eigenvalue weighted by Gasteiger charge is -2.29. The van der Waals surface area contributed by atoms with Gasteiger partial charge in [0.15, 0.2) is 0 Å². The van der Waals surface area contributed by atoms with Crippen LogP contribution in [0.5, 0.6) is 0 Å². The highest BCUT2D eigenvalue weighted by Gasteiger charge is 2.26. The van der Waals surface area contributed by atoms with E-state index in [2.05, 4.69) is 4.72 Å².